The Bertz CT molecular complexity index is 186. The monoisotopic (exact) mass is 170 g/mol. The summed E-state index contributed by atoms with van der Waals surface area (Å²) in [6.07, 6.45) is 2.71. The van der Waals surface area contributed by atoms with Gasteiger partial charge < -0.3 is 9.53 Å². The van der Waals surface area contributed by atoms with Gasteiger partial charge in [0.25, 0.3) is 0 Å². The molecule has 1 unspecified atom stereocenters. The summed E-state index contributed by atoms with van der Waals surface area (Å²) in [7, 11) is 0. The van der Waals surface area contributed by atoms with E-state index in [0.717, 1.165) is 12.8 Å². The summed E-state index contributed by atoms with van der Waals surface area (Å²) in [5.74, 6) is 0.435. The fourth-order valence-corrected chi connectivity index (χ4v) is 1.49. The third-order valence-electron chi connectivity index (χ3n) is 2.12. The molecular weight excluding hydrogens is 156 g/mol. The molecule has 12 heavy (non-hydrogen) atoms. The van der Waals surface area contributed by atoms with E-state index in [2.05, 4.69) is 0 Å². The first-order valence-electron chi connectivity index (χ1n) is 4.33. The Hall–Kier alpha value is -0.860. The number of hydrogen-bond donors (Lipinski definition) is 0. The first-order valence-corrected chi connectivity index (χ1v) is 4.33. The van der Waals surface area contributed by atoms with Gasteiger partial charge in [0, 0.05) is 12.8 Å². The number of carbonyl (C=O) groups excluding carboxylic acids is 2. The minimum atomic E-state index is -0.124. The highest BCUT2D eigenvalue weighted by atomic mass is 16.5. The second-order valence-corrected chi connectivity index (χ2v) is 3.32. The molecule has 1 atom stereocenters. The van der Waals surface area contributed by atoms with Crippen molar-refractivity contribution < 1.29 is 14.3 Å². The Balaban J connectivity index is 2.35. The molecule has 0 aromatic heterocycles. The Morgan fingerprint density at radius 2 is 2.33 bits per heavy atom. The molecule has 1 aliphatic heterocycles. The van der Waals surface area contributed by atoms with Crippen LogP contribution in [0.25, 0.3) is 0 Å². The van der Waals surface area contributed by atoms with Crippen LogP contribution in [0.5, 0.6) is 0 Å². The summed E-state index contributed by atoms with van der Waals surface area (Å²) in [4.78, 5) is 21.6. The number of ketones is 1. The second kappa shape index (κ2) is 4.24. The molecule has 0 aromatic rings. The van der Waals surface area contributed by atoms with Gasteiger partial charge in [0.1, 0.15) is 5.78 Å². The topological polar surface area (TPSA) is 43.4 Å². The number of Topliss-reactive ketones (excluding diaryl/α,β-unsaturated/α-hetero) is 1. The number of ether oxygens (including phenoxy) is 1. The minimum Gasteiger partial charge on any atom is -0.466 e. The van der Waals surface area contributed by atoms with Gasteiger partial charge in [-0.3, -0.25) is 4.79 Å². The fourth-order valence-electron chi connectivity index (χ4n) is 1.49. The van der Waals surface area contributed by atoms with E-state index in [1.54, 1.807) is 6.92 Å². The molecule has 1 heterocycles. The van der Waals surface area contributed by atoms with Crippen molar-refractivity contribution >= 4 is 11.8 Å². The molecule has 0 saturated carbocycles. The molecule has 0 aromatic carbocycles. The molecule has 3 heteroatoms. The maximum absolute atomic E-state index is 10.8. The van der Waals surface area contributed by atoms with Crippen LogP contribution in [0.2, 0.25) is 0 Å². The van der Waals surface area contributed by atoms with Crippen LogP contribution >= 0.6 is 0 Å². The van der Waals surface area contributed by atoms with Crippen LogP contribution in [0.1, 0.15) is 32.6 Å². The average Bonchev–Trinajstić information content (AvgIpc) is 2.15. The van der Waals surface area contributed by atoms with Gasteiger partial charge in [-0.05, 0) is 25.7 Å². The van der Waals surface area contributed by atoms with E-state index in [-0.39, 0.29) is 11.8 Å². The molecule has 0 bridgehead atoms. The lowest BCUT2D eigenvalue weighted by Gasteiger charge is -2.08. The average molecular weight is 170 g/mol. The highest BCUT2D eigenvalue weighted by Crippen LogP contribution is 2.19. The first kappa shape index (κ1) is 9.23. The second-order valence-electron chi connectivity index (χ2n) is 3.32. The van der Waals surface area contributed by atoms with E-state index in [0.29, 0.717) is 25.4 Å². The van der Waals surface area contributed by atoms with Gasteiger partial charge in [0.15, 0.2) is 0 Å². The van der Waals surface area contributed by atoms with Crippen LogP contribution in [0.4, 0.5) is 0 Å². The summed E-state index contributed by atoms with van der Waals surface area (Å²) in [6.45, 7) is 2.07. The van der Waals surface area contributed by atoms with Gasteiger partial charge in [-0.1, -0.05) is 0 Å². The predicted molar refractivity (Wildman–Crippen MR) is 43.6 cm³/mol. The Morgan fingerprint density at radius 3 is 3.00 bits per heavy atom. The van der Waals surface area contributed by atoms with Crippen molar-refractivity contribution in [2.45, 2.75) is 32.6 Å². The molecule has 1 fully saturated rings. The first-order chi connectivity index (χ1) is 5.68. The third-order valence-corrected chi connectivity index (χ3v) is 2.12. The van der Waals surface area contributed by atoms with Gasteiger partial charge in [0.05, 0.1) is 6.61 Å². The van der Waals surface area contributed by atoms with Crippen molar-refractivity contribution in [1.82, 2.24) is 0 Å². The van der Waals surface area contributed by atoms with Crippen molar-refractivity contribution in [3.8, 4) is 0 Å². The van der Waals surface area contributed by atoms with Gasteiger partial charge in [-0.25, -0.2) is 0 Å². The van der Waals surface area contributed by atoms with Crippen molar-refractivity contribution in [3.63, 3.8) is 0 Å². The van der Waals surface area contributed by atoms with E-state index in [4.69, 9.17) is 4.74 Å². The summed E-state index contributed by atoms with van der Waals surface area (Å²) in [6, 6.07) is 0. The molecule has 0 aliphatic carbocycles. The number of rotatable bonds is 2. The Kier molecular flexibility index (Phi) is 3.26. The smallest absolute Gasteiger partial charge is 0.305 e. The molecule has 3 nitrogen and oxygen atoms in total. The molecule has 1 rings (SSSR count). The van der Waals surface area contributed by atoms with Gasteiger partial charge in [-0.15, -0.1) is 0 Å². The number of hydrogen-bond acceptors (Lipinski definition) is 3. The van der Waals surface area contributed by atoms with Crippen LogP contribution < -0.4 is 0 Å². The highest BCUT2D eigenvalue weighted by molar-refractivity contribution is 5.76. The lowest BCUT2D eigenvalue weighted by atomic mass is 9.95. The van der Waals surface area contributed by atoms with Crippen LogP contribution in [-0.4, -0.2) is 18.4 Å². The molecule has 0 radical (unpaired) electrons. The fraction of sp³-hybridized carbons (Fsp3) is 0.778. The lowest BCUT2D eigenvalue weighted by Crippen LogP contribution is -2.05. The van der Waals surface area contributed by atoms with E-state index in [1.165, 1.54) is 0 Å². The summed E-state index contributed by atoms with van der Waals surface area (Å²) < 4.78 is 4.86. The van der Waals surface area contributed by atoms with E-state index in [1.807, 2.05) is 0 Å². The standard InChI is InChI=1S/C9H14O3/c1-7(10)6-8-2-3-9(11)12-5-4-8/h8H,2-6H2,1H3. The summed E-state index contributed by atoms with van der Waals surface area (Å²) >= 11 is 0. The molecular formula is C9H14O3. The van der Waals surface area contributed by atoms with Crippen LogP contribution in [0.15, 0.2) is 0 Å². The number of cyclic esters (lactones) is 1. The predicted octanol–water partition coefficient (Wildman–Crippen LogP) is 1.31. The van der Waals surface area contributed by atoms with Gasteiger partial charge in [0.2, 0.25) is 0 Å². The molecule has 68 valence electrons. The molecule has 0 N–H and O–H groups in total. The van der Waals surface area contributed by atoms with Crippen LogP contribution in [0.3, 0.4) is 0 Å². The van der Waals surface area contributed by atoms with Crippen LogP contribution in [0, 0.1) is 5.92 Å². The van der Waals surface area contributed by atoms with Gasteiger partial charge >= 0.3 is 5.97 Å². The third kappa shape index (κ3) is 3.03. The molecule has 1 aliphatic rings. The van der Waals surface area contributed by atoms with E-state index >= 15 is 0 Å². The van der Waals surface area contributed by atoms with Crippen LogP contribution in [-0.2, 0) is 14.3 Å². The number of carbonyl (C=O) groups is 2. The maximum atomic E-state index is 10.8. The molecule has 1 saturated heterocycles. The van der Waals surface area contributed by atoms with Gasteiger partial charge in [-0.2, -0.15) is 0 Å². The lowest BCUT2D eigenvalue weighted by molar-refractivity contribution is -0.142. The quantitative estimate of drug-likeness (QED) is 0.587. The molecule has 0 spiro atoms. The largest absolute Gasteiger partial charge is 0.466 e. The van der Waals surface area contributed by atoms with Crippen molar-refractivity contribution in [2.24, 2.45) is 5.92 Å². The maximum Gasteiger partial charge on any atom is 0.305 e. The Morgan fingerprint density at radius 1 is 1.58 bits per heavy atom. The highest BCUT2D eigenvalue weighted by Gasteiger charge is 2.18. The van der Waals surface area contributed by atoms with Crippen molar-refractivity contribution in [3.05, 3.63) is 0 Å². The zero-order chi connectivity index (χ0) is 8.97. The van der Waals surface area contributed by atoms with Crippen molar-refractivity contribution in [1.29, 1.82) is 0 Å². The zero-order valence-corrected chi connectivity index (χ0v) is 7.34. The van der Waals surface area contributed by atoms with E-state index < -0.39 is 0 Å². The summed E-state index contributed by atoms with van der Waals surface area (Å²) in [5.41, 5.74) is 0. The Labute approximate surface area is 72.1 Å². The van der Waals surface area contributed by atoms with E-state index in [9.17, 15) is 9.59 Å². The molecule has 0 amide bonds. The SMILES string of the molecule is CC(=O)CC1CCOC(=O)CC1. The normalized spacial score (nSPS) is 24.4. The minimum absolute atomic E-state index is 0.124. The summed E-state index contributed by atoms with van der Waals surface area (Å²) in [5, 5.41) is 0. The number of esters is 1. The zero-order valence-electron chi connectivity index (χ0n) is 7.34. The van der Waals surface area contributed by atoms with Crippen molar-refractivity contribution in [2.75, 3.05) is 6.61 Å².